The highest BCUT2D eigenvalue weighted by Crippen LogP contribution is 2.11. The second-order valence-corrected chi connectivity index (χ2v) is 3.60. The Kier molecular flexibility index (Phi) is 3.42. The van der Waals surface area contributed by atoms with E-state index in [4.69, 9.17) is 4.52 Å². The third-order valence-electron chi connectivity index (χ3n) is 1.96. The van der Waals surface area contributed by atoms with E-state index in [9.17, 15) is 0 Å². The first-order valence-corrected chi connectivity index (χ1v) is 4.63. The summed E-state index contributed by atoms with van der Waals surface area (Å²) in [5.74, 6) is 1.81. The molecule has 0 aromatic carbocycles. The fourth-order valence-electron chi connectivity index (χ4n) is 0.961. The Hall–Kier alpha value is -0.900. The zero-order valence-corrected chi connectivity index (χ0v) is 8.66. The number of hydrogen-bond acceptors (Lipinski definition) is 4. The number of nitrogens with one attached hydrogen (secondary N) is 1. The van der Waals surface area contributed by atoms with Crippen LogP contribution in [-0.4, -0.2) is 23.2 Å². The molecule has 0 fully saturated rings. The van der Waals surface area contributed by atoms with Gasteiger partial charge >= 0.3 is 0 Å². The van der Waals surface area contributed by atoms with Crippen LogP contribution in [0.15, 0.2) is 4.52 Å². The van der Waals surface area contributed by atoms with Crippen LogP contribution in [0.5, 0.6) is 0 Å². The topological polar surface area (TPSA) is 51.0 Å². The average Bonchev–Trinajstić information content (AvgIpc) is 2.52. The van der Waals surface area contributed by atoms with Crippen LogP contribution in [0.1, 0.15) is 38.4 Å². The van der Waals surface area contributed by atoms with Gasteiger partial charge < -0.3 is 9.84 Å². The average molecular weight is 183 g/mol. The van der Waals surface area contributed by atoms with Gasteiger partial charge in [-0.25, -0.2) is 0 Å². The van der Waals surface area contributed by atoms with Gasteiger partial charge in [0.1, 0.15) is 0 Å². The maximum atomic E-state index is 5.08. The van der Waals surface area contributed by atoms with Gasteiger partial charge in [0.25, 0.3) is 0 Å². The van der Waals surface area contributed by atoms with E-state index in [0.29, 0.717) is 12.0 Å². The summed E-state index contributed by atoms with van der Waals surface area (Å²) in [4.78, 5) is 4.28. The van der Waals surface area contributed by atoms with Crippen LogP contribution in [0.2, 0.25) is 0 Å². The molecular formula is C9H17N3O. The van der Waals surface area contributed by atoms with Crippen molar-refractivity contribution in [2.45, 2.75) is 39.2 Å². The van der Waals surface area contributed by atoms with Gasteiger partial charge in [0, 0.05) is 18.4 Å². The third-order valence-corrected chi connectivity index (χ3v) is 1.96. The number of aromatic nitrogens is 2. The fourth-order valence-corrected chi connectivity index (χ4v) is 0.961. The summed E-state index contributed by atoms with van der Waals surface area (Å²) in [5.41, 5.74) is 0. The molecule has 0 spiro atoms. The van der Waals surface area contributed by atoms with Crippen molar-refractivity contribution in [3.63, 3.8) is 0 Å². The Morgan fingerprint density at radius 1 is 1.38 bits per heavy atom. The molecule has 13 heavy (non-hydrogen) atoms. The van der Waals surface area contributed by atoms with E-state index in [-0.39, 0.29) is 0 Å². The molecule has 0 bridgehead atoms. The molecule has 0 saturated heterocycles. The highest BCUT2D eigenvalue weighted by molar-refractivity contribution is 4.92. The second-order valence-electron chi connectivity index (χ2n) is 3.60. The summed E-state index contributed by atoms with van der Waals surface area (Å²) in [7, 11) is 1.92. The van der Waals surface area contributed by atoms with E-state index in [1.54, 1.807) is 0 Å². The normalized spacial score (nSPS) is 13.6. The largest absolute Gasteiger partial charge is 0.339 e. The number of rotatable bonds is 4. The first kappa shape index (κ1) is 10.2. The van der Waals surface area contributed by atoms with Crippen molar-refractivity contribution in [1.29, 1.82) is 0 Å². The second kappa shape index (κ2) is 4.37. The highest BCUT2D eigenvalue weighted by atomic mass is 16.5. The Morgan fingerprint density at radius 2 is 2.08 bits per heavy atom. The van der Waals surface area contributed by atoms with Gasteiger partial charge in [-0.1, -0.05) is 19.0 Å². The van der Waals surface area contributed by atoms with Gasteiger partial charge in [0.05, 0.1) is 0 Å². The fraction of sp³-hybridized carbons (Fsp3) is 0.778. The van der Waals surface area contributed by atoms with E-state index in [1.165, 1.54) is 0 Å². The van der Waals surface area contributed by atoms with Crippen LogP contribution < -0.4 is 5.32 Å². The molecule has 1 aromatic heterocycles. The van der Waals surface area contributed by atoms with E-state index in [2.05, 4.69) is 22.4 Å². The predicted molar refractivity (Wildman–Crippen MR) is 50.6 cm³/mol. The quantitative estimate of drug-likeness (QED) is 0.765. The van der Waals surface area contributed by atoms with Crippen molar-refractivity contribution < 1.29 is 4.52 Å². The molecule has 1 rings (SSSR count). The summed E-state index contributed by atoms with van der Waals surface area (Å²) >= 11 is 0. The zero-order valence-electron chi connectivity index (χ0n) is 8.66. The van der Waals surface area contributed by atoms with Crippen LogP contribution in [-0.2, 0) is 6.42 Å². The zero-order chi connectivity index (χ0) is 9.84. The maximum Gasteiger partial charge on any atom is 0.229 e. The number of nitrogens with zero attached hydrogens (tertiary/aromatic N) is 2. The molecule has 1 aromatic rings. The number of hydrogen-bond donors (Lipinski definition) is 1. The van der Waals surface area contributed by atoms with Crippen molar-refractivity contribution in [3.05, 3.63) is 11.7 Å². The summed E-state index contributed by atoms with van der Waals surface area (Å²) in [5, 5.41) is 7.03. The minimum atomic E-state index is 0.311. The molecule has 0 aliphatic carbocycles. The molecule has 74 valence electrons. The van der Waals surface area contributed by atoms with Crippen molar-refractivity contribution in [1.82, 2.24) is 15.5 Å². The van der Waals surface area contributed by atoms with Crippen molar-refractivity contribution in [2.24, 2.45) is 0 Å². The lowest BCUT2D eigenvalue weighted by Crippen LogP contribution is -2.24. The van der Waals surface area contributed by atoms with E-state index < -0.39 is 0 Å². The third kappa shape index (κ3) is 2.81. The SMILES string of the molecule is CNC(C)Cc1noc(C(C)C)n1. The molecule has 1 unspecified atom stereocenters. The Balaban J connectivity index is 2.58. The van der Waals surface area contributed by atoms with Gasteiger partial charge in [-0.15, -0.1) is 0 Å². The lowest BCUT2D eigenvalue weighted by Gasteiger charge is -2.04. The van der Waals surface area contributed by atoms with Crippen molar-refractivity contribution >= 4 is 0 Å². The molecule has 0 saturated carbocycles. The molecule has 0 aliphatic heterocycles. The minimum absolute atomic E-state index is 0.311. The highest BCUT2D eigenvalue weighted by Gasteiger charge is 2.11. The summed E-state index contributed by atoms with van der Waals surface area (Å²) in [6.45, 7) is 6.17. The van der Waals surface area contributed by atoms with Crippen LogP contribution in [0.3, 0.4) is 0 Å². The summed E-state index contributed by atoms with van der Waals surface area (Å²) < 4.78 is 5.08. The van der Waals surface area contributed by atoms with Crippen molar-refractivity contribution in [3.8, 4) is 0 Å². The lowest BCUT2D eigenvalue weighted by atomic mass is 10.2. The van der Waals surface area contributed by atoms with E-state index >= 15 is 0 Å². The molecular weight excluding hydrogens is 166 g/mol. The van der Waals surface area contributed by atoms with Gasteiger partial charge in [-0.3, -0.25) is 0 Å². The van der Waals surface area contributed by atoms with Crippen LogP contribution in [0.4, 0.5) is 0 Å². The Bertz CT molecular complexity index is 257. The first-order chi connectivity index (χ1) is 6.13. The van der Waals surface area contributed by atoms with Crippen molar-refractivity contribution in [2.75, 3.05) is 7.05 Å². The smallest absolute Gasteiger partial charge is 0.229 e. The molecule has 1 atom stereocenters. The first-order valence-electron chi connectivity index (χ1n) is 4.63. The van der Waals surface area contributed by atoms with Crippen LogP contribution >= 0.6 is 0 Å². The predicted octanol–water partition coefficient (Wildman–Crippen LogP) is 1.34. The summed E-state index contributed by atoms with van der Waals surface area (Å²) in [6, 6.07) is 0.387. The monoisotopic (exact) mass is 183 g/mol. The molecule has 4 nitrogen and oxygen atoms in total. The summed E-state index contributed by atoms with van der Waals surface area (Å²) in [6.07, 6.45) is 0.812. The van der Waals surface area contributed by atoms with E-state index in [1.807, 2.05) is 20.9 Å². The standard InChI is InChI=1S/C9H17N3O/c1-6(2)9-11-8(12-13-9)5-7(3)10-4/h6-7,10H,5H2,1-4H3. The maximum absolute atomic E-state index is 5.08. The minimum Gasteiger partial charge on any atom is -0.339 e. The van der Waals surface area contributed by atoms with Crippen LogP contribution in [0, 0.1) is 0 Å². The van der Waals surface area contributed by atoms with Crippen LogP contribution in [0.25, 0.3) is 0 Å². The molecule has 0 amide bonds. The Labute approximate surface area is 78.7 Å². The van der Waals surface area contributed by atoms with E-state index in [0.717, 1.165) is 18.1 Å². The molecule has 0 aliphatic rings. The van der Waals surface area contributed by atoms with Gasteiger partial charge in [0.15, 0.2) is 5.82 Å². The molecule has 0 radical (unpaired) electrons. The van der Waals surface area contributed by atoms with Gasteiger partial charge in [-0.05, 0) is 14.0 Å². The van der Waals surface area contributed by atoms with Gasteiger partial charge in [0.2, 0.25) is 5.89 Å². The molecule has 1 N–H and O–H groups in total. The molecule has 1 heterocycles. The Morgan fingerprint density at radius 3 is 2.54 bits per heavy atom. The lowest BCUT2D eigenvalue weighted by molar-refractivity contribution is 0.359. The van der Waals surface area contributed by atoms with Gasteiger partial charge in [-0.2, -0.15) is 4.98 Å². The number of likely N-dealkylation sites (N-methyl/N-ethyl adjacent to an activating group) is 1. The molecule has 4 heteroatoms.